The standard InChI is InChI=1S/C20H29N5S/c1-3-25-12-5-4-8-20(25)9-6-11-24(14-20)18-7-10-22-23-13-17(16(18)2)19-21-15-26-19/h7,10,13,15,19,23H,2-6,8-9,11-12,14H2,1H3/b17-13+,18-7?,22-10-. The third kappa shape index (κ3) is 3.25. The van der Waals surface area contributed by atoms with Crippen molar-refractivity contribution in [1.29, 1.82) is 0 Å². The van der Waals surface area contributed by atoms with Crippen LogP contribution >= 0.6 is 11.8 Å². The Morgan fingerprint density at radius 2 is 2.15 bits per heavy atom. The summed E-state index contributed by atoms with van der Waals surface area (Å²) in [5, 5.41) is 4.42. The van der Waals surface area contributed by atoms with Gasteiger partial charge in [0.15, 0.2) is 0 Å². The molecule has 5 nitrogen and oxygen atoms in total. The number of piperidine rings is 2. The minimum atomic E-state index is 0.146. The number of nitrogens with zero attached hydrogens (tertiary/aromatic N) is 4. The van der Waals surface area contributed by atoms with Crippen LogP contribution in [0.1, 0.15) is 39.0 Å². The predicted molar refractivity (Wildman–Crippen MR) is 111 cm³/mol. The highest BCUT2D eigenvalue weighted by Gasteiger charge is 2.42. The van der Waals surface area contributed by atoms with Crippen molar-refractivity contribution in [2.24, 2.45) is 10.1 Å². The summed E-state index contributed by atoms with van der Waals surface area (Å²) < 4.78 is 0. The lowest BCUT2D eigenvalue weighted by Gasteiger charge is -2.53. The van der Waals surface area contributed by atoms with Gasteiger partial charge >= 0.3 is 0 Å². The van der Waals surface area contributed by atoms with Gasteiger partial charge in [-0.2, -0.15) is 5.10 Å². The van der Waals surface area contributed by atoms with Gasteiger partial charge in [0.05, 0.1) is 5.55 Å². The lowest BCUT2D eigenvalue weighted by Crippen LogP contribution is -2.60. The molecule has 0 bridgehead atoms. The molecule has 0 aliphatic carbocycles. The molecule has 4 heterocycles. The van der Waals surface area contributed by atoms with E-state index in [9.17, 15) is 0 Å². The maximum absolute atomic E-state index is 4.47. The summed E-state index contributed by atoms with van der Waals surface area (Å²) >= 11 is 1.74. The van der Waals surface area contributed by atoms with Crippen molar-refractivity contribution < 1.29 is 0 Å². The normalized spacial score (nSPS) is 35.7. The van der Waals surface area contributed by atoms with Gasteiger partial charge in [-0.05, 0) is 50.4 Å². The number of hydrogen-bond acceptors (Lipinski definition) is 6. The molecule has 0 aromatic rings. The summed E-state index contributed by atoms with van der Waals surface area (Å²) in [6.45, 7) is 11.3. The largest absolute Gasteiger partial charge is 0.369 e. The lowest BCUT2D eigenvalue weighted by molar-refractivity contribution is -0.00279. The van der Waals surface area contributed by atoms with Crippen molar-refractivity contribution in [3.8, 4) is 0 Å². The van der Waals surface area contributed by atoms with Gasteiger partial charge in [-0.25, -0.2) is 0 Å². The van der Waals surface area contributed by atoms with Gasteiger partial charge in [0.2, 0.25) is 0 Å². The molecule has 6 heteroatoms. The molecule has 2 fully saturated rings. The Hall–Kier alpha value is -1.53. The molecule has 2 unspecified atom stereocenters. The van der Waals surface area contributed by atoms with Gasteiger partial charge in [-0.3, -0.25) is 15.3 Å². The molecular weight excluding hydrogens is 342 g/mol. The maximum Gasteiger partial charge on any atom is 0.128 e. The van der Waals surface area contributed by atoms with Crippen molar-refractivity contribution >= 4 is 23.5 Å². The second kappa shape index (κ2) is 7.61. The summed E-state index contributed by atoms with van der Waals surface area (Å²) in [6, 6.07) is 0. The zero-order valence-corrected chi connectivity index (χ0v) is 16.5. The number of likely N-dealkylation sites (N-methyl/N-ethyl adjacent to an activating group) is 1. The van der Waals surface area contributed by atoms with Crippen molar-refractivity contribution in [3.05, 3.63) is 35.7 Å². The topological polar surface area (TPSA) is 43.2 Å². The zero-order valence-electron chi connectivity index (χ0n) is 15.7. The van der Waals surface area contributed by atoms with E-state index < -0.39 is 0 Å². The maximum atomic E-state index is 4.47. The SMILES string of the molecule is C=C1C(N2CCCC3(CCCCN3CC)C2)=C/C=N\N/C=C\1C1N=CS1. The number of hydrazone groups is 1. The lowest BCUT2D eigenvalue weighted by atomic mass is 9.79. The van der Waals surface area contributed by atoms with Crippen LogP contribution in [0.4, 0.5) is 0 Å². The molecular formula is C20H29N5S. The van der Waals surface area contributed by atoms with E-state index >= 15 is 0 Å². The van der Waals surface area contributed by atoms with Crippen molar-refractivity contribution in [2.75, 3.05) is 26.2 Å². The third-order valence-corrected chi connectivity index (χ3v) is 7.06. The molecule has 4 aliphatic rings. The van der Waals surface area contributed by atoms with Gasteiger partial charge in [0.1, 0.15) is 5.37 Å². The molecule has 0 saturated carbocycles. The Morgan fingerprint density at radius 3 is 2.92 bits per heavy atom. The average Bonchev–Trinajstić information content (AvgIpc) is 2.60. The predicted octanol–water partition coefficient (Wildman–Crippen LogP) is 3.34. The Labute approximate surface area is 161 Å². The highest BCUT2D eigenvalue weighted by Crippen LogP contribution is 2.40. The van der Waals surface area contributed by atoms with Gasteiger partial charge < -0.3 is 4.90 Å². The molecule has 140 valence electrons. The van der Waals surface area contributed by atoms with E-state index in [-0.39, 0.29) is 5.37 Å². The number of aliphatic imine (C=N–C) groups is 1. The van der Waals surface area contributed by atoms with Crippen LogP contribution < -0.4 is 5.43 Å². The second-order valence-electron chi connectivity index (χ2n) is 7.57. The fourth-order valence-electron chi connectivity index (χ4n) is 4.81. The summed E-state index contributed by atoms with van der Waals surface area (Å²) in [4.78, 5) is 9.75. The second-order valence-corrected chi connectivity index (χ2v) is 8.50. The molecule has 0 amide bonds. The Morgan fingerprint density at radius 1 is 1.31 bits per heavy atom. The Bertz CT molecular complexity index is 676. The molecule has 4 rings (SSSR count). The van der Waals surface area contributed by atoms with E-state index in [1.807, 2.05) is 18.0 Å². The summed E-state index contributed by atoms with van der Waals surface area (Å²) in [7, 11) is 0. The molecule has 2 atom stereocenters. The van der Waals surface area contributed by atoms with E-state index in [1.165, 1.54) is 44.3 Å². The van der Waals surface area contributed by atoms with Gasteiger partial charge in [-0.1, -0.05) is 31.7 Å². The van der Waals surface area contributed by atoms with Crippen LogP contribution in [0.3, 0.4) is 0 Å². The number of allylic oxidation sites excluding steroid dienone is 2. The first-order chi connectivity index (χ1) is 12.7. The van der Waals surface area contributed by atoms with Gasteiger partial charge in [0.25, 0.3) is 0 Å². The smallest absolute Gasteiger partial charge is 0.128 e. The number of rotatable bonds is 3. The van der Waals surface area contributed by atoms with Gasteiger partial charge in [0, 0.05) is 42.3 Å². The Balaban J connectivity index is 1.59. The van der Waals surface area contributed by atoms with Crippen LogP contribution in [-0.2, 0) is 0 Å². The Kier molecular flexibility index (Phi) is 5.23. The minimum absolute atomic E-state index is 0.146. The highest BCUT2D eigenvalue weighted by molar-refractivity contribution is 8.14. The molecule has 26 heavy (non-hydrogen) atoms. The summed E-state index contributed by atoms with van der Waals surface area (Å²) in [5.41, 5.74) is 8.66. The van der Waals surface area contributed by atoms with Crippen LogP contribution in [0.25, 0.3) is 0 Å². The average molecular weight is 372 g/mol. The van der Waals surface area contributed by atoms with E-state index in [4.69, 9.17) is 0 Å². The first-order valence-corrected chi connectivity index (χ1v) is 10.7. The van der Waals surface area contributed by atoms with Crippen molar-refractivity contribution in [1.82, 2.24) is 15.2 Å². The molecule has 2 saturated heterocycles. The van der Waals surface area contributed by atoms with E-state index in [0.717, 1.165) is 30.8 Å². The van der Waals surface area contributed by atoms with Crippen LogP contribution in [0.5, 0.6) is 0 Å². The molecule has 0 aromatic heterocycles. The third-order valence-electron chi connectivity index (χ3n) is 6.18. The van der Waals surface area contributed by atoms with Gasteiger partial charge in [-0.15, -0.1) is 0 Å². The number of hydrogen-bond donors (Lipinski definition) is 1. The van der Waals surface area contributed by atoms with Crippen molar-refractivity contribution in [2.45, 2.75) is 49.9 Å². The minimum Gasteiger partial charge on any atom is -0.369 e. The molecule has 0 radical (unpaired) electrons. The van der Waals surface area contributed by atoms with E-state index in [1.54, 1.807) is 11.8 Å². The molecule has 0 aromatic carbocycles. The van der Waals surface area contributed by atoms with E-state index in [0.29, 0.717) is 5.54 Å². The monoisotopic (exact) mass is 371 g/mol. The quantitative estimate of drug-likeness (QED) is 0.826. The van der Waals surface area contributed by atoms with Crippen LogP contribution in [0.15, 0.2) is 45.8 Å². The molecule has 4 aliphatic heterocycles. The fourth-order valence-corrected chi connectivity index (χ4v) is 5.41. The van der Waals surface area contributed by atoms with Crippen LogP contribution in [0.2, 0.25) is 0 Å². The summed E-state index contributed by atoms with van der Waals surface area (Å²) in [6.07, 6.45) is 12.5. The van der Waals surface area contributed by atoms with Crippen LogP contribution in [-0.4, -0.2) is 58.7 Å². The van der Waals surface area contributed by atoms with E-state index in [2.05, 4.69) is 44.9 Å². The van der Waals surface area contributed by atoms with Crippen molar-refractivity contribution in [3.63, 3.8) is 0 Å². The first kappa shape index (κ1) is 17.9. The number of likely N-dealkylation sites (tertiary alicyclic amines) is 2. The summed E-state index contributed by atoms with van der Waals surface area (Å²) in [5.74, 6) is 0. The number of nitrogens with one attached hydrogen (secondary N) is 1. The number of thioether (sulfide) groups is 1. The highest BCUT2D eigenvalue weighted by atomic mass is 32.2. The molecule has 1 spiro atoms. The first-order valence-electron chi connectivity index (χ1n) is 9.79. The fraction of sp³-hybridized carbons (Fsp3) is 0.600. The van der Waals surface area contributed by atoms with Crippen LogP contribution in [0, 0.1) is 0 Å². The zero-order chi connectivity index (χ0) is 18.0. The molecule has 1 N–H and O–H groups in total.